The molecule has 0 saturated carbocycles. The van der Waals surface area contributed by atoms with Crippen LogP contribution in [0.1, 0.15) is 78.4 Å². The van der Waals surface area contributed by atoms with Crippen LogP contribution < -0.4 is 10.1 Å². The van der Waals surface area contributed by atoms with Crippen LogP contribution >= 0.6 is 0 Å². The number of nitrogens with one attached hydrogen (secondary N) is 1. The number of aryl methyl sites for hydroxylation is 1. The van der Waals surface area contributed by atoms with Crippen LogP contribution in [-0.4, -0.2) is 23.4 Å². The molecule has 1 unspecified atom stereocenters. The van der Waals surface area contributed by atoms with Gasteiger partial charge in [0.15, 0.2) is 5.84 Å². The minimum absolute atomic E-state index is 0.140. The molecule has 1 aliphatic heterocycles. The lowest BCUT2D eigenvalue weighted by atomic mass is 9.96. The van der Waals surface area contributed by atoms with E-state index in [1.807, 2.05) is 19.9 Å². The van der Waals surface area contributed by atoms with E-state index in [2.05, 4.69) is 51.7 Å². The maximum Gasteiger partial charge on any atom is 0.275 e. The summed E-state index contributed by atoms with van der Waals surface area (Å²) in [5.41, 5.74) is 4.45. The third kappa shape index (κ3) is 5.32. The fourth-order valence-corrected chi connectivity index (χ4v) is 3.56. The van der Waals surface area contributed by atoms with Gasteiger partial charge >= 0.3 is 0 Å². The number of hydrogen-bond donors (Lipinski definition) is 1. The fourth-order valence-electron chi connectivity index (χ4n) is 3.56. The Labute approximate surface area is 181 Å². The number of hydrogen-bond acceptors (Lipinski definition) is 4. The molecule has 5 heteroatoms. The molecule has 0 saturated heterocycles. The second-order valence-electron chi connectivity index (χ2n) is 7.89. The van der Waals surface area contributed by atoms with Gasteiger partial charge in [-0.2, -0.15) is 0 Å². The highest BCUT2D eigenvalue weighted by atomic mass is 16.5. The van der Waals surface area contributed by atoms with Crippen LogP contribution in [0.4, 0.5) is 0 Å². The Morgan fingerprint density at radius 3 is 2.57 bits per heavy atom. The molecular weight excluding hydrogens is 374 g/mol. The zero-order valence-electron chi connectivity index (χ0n) is 19.5. The van der Waals surface area contributed by atoms with E-state index in [0.717, 1.165) is 54.7 Å². The lowest BCUT2D eigenvalue weighted by Crippen LogP contribution is -2.44. The Hall–Kier alpha value is -2.56. The normalized spacial score (nSPS) is 16.7. The number of carbonyl (C=O) groups is 1. The summed E-state index contributed by atoms with van der Waals surface area (Å²) in [5.74, 6) is 1.38. The molecule has 30 heavy (non-hydrogen) atoms. The predicted molar refractivity (Wildman–Crippen MR) is 124 cm³/mol. The standard InChI is InChI=1S/C25H37N3O2/c1-8-12-18(6)28-23(19(7)17(5)10-3)25(29)26-24(27-28)21-16-20(13-9-2)14-15-22(21)30-11-4/h14-17H,6,8-13H2,1-5,7H3,(H,26,27,29)/b23-19-. The minimum atomic E-state index is -0.140. The molecule has 5 nitrogen and oxygen atoms in total. The molecule has 164 valence electrons. The first-order valence-electron chi connectivity index (χ1n) is 11.2. The van der Waals surface area contributed by atoms with Gasteiger partial charge in [0.2, 0.25) is 0 Å². The van der Waals surface area contributed by atoms with Crippen LogP contribution in [0.5, 0.6) is 5.75 Å². The highest BCUT2D eigenvalue weighted by molar-refractivity contribution is 6.15. The molecule has 0 radical (unpaired) electrons. The highest BCUT2D eigenvalue weighted by Crippen LogP contribution is 2.30. The van der Waals surface area contributed by atoms with Crippen LogP contribution in [-0.2, 0) is 11.2 Å². The molecule has 1 N–H and O–H groups in total. The first-order chi connectivity index (χ1) is 14.4. The summed E-state index contributed by atoms with van der Waals surface area (Å²) in [7, 11) is 0. The summed E-state index contributed by atoms with van der Waals surface area (Å²) in [6.45, 7) is 17.3. The number of benzene rings is 1. The van der Waals surface area contributed by atoms with E-state index in [1.165, 1.54) is 5.56 Å². The molecule has 1 amide bonds. The van der Waals surface area contributed by atoms with Crippen molar-refractivity contribution in [2.75, 3.05) is 6.61 Å². The Balaban J connectivity index is 2.63. The van der Waals surface area contributed by atoms with Gasteiger partial charge in [0.25, 0.3) is 5.91 Å². The van der Waals surface area contributed by atoms with Crippen molar-refractivity contribution in [1.82, 2.24) is 10.3 Å². The monoisotopic (exact) mass is 411 g/mol. The lowest BCUT2D eigenvalue weighted by Gasteiger charge is -2.32. The number of ether oxygens (including phenoxy) is 1. The maximum absolute atomic E-state index is 13.3. The van der Waals surface area contributed by atoms with E-state index in [0.29, 0.717) is 18.1 Å². The summed E-state index contributed by atoms with van der Waals surface area (Å²) in [6.07, 6.45) is 4.68. The van der Waals surface area contributed by atoms with Crippen LogP contribution in [0.2, 0.25) is 0 Å². The van der Waals surface area contributed by atoms with Crippen LogP contribution in [0.15, 0.2) is 46.8 Å². The molecule has 0 aliphatic carbocycles. The Morgan fingerprint density at radius 1 is 1.23 bits per heavy atom. The van der Waals surface area contributed by atoms with Crippen molar-refractivity contribution in [3.63, 3.8) is 0 Å². The number of allylic oxidation sites excluding steroid dienone is 2. The zero-order chi connectivity index (χ0) is 22.3. The molecule has 0 bridgehead atoms. The van der Waals surface area contributed by atoms with Crippen LogP contribution in [0.25, 0.3) is 0 Å². The summed E-state index contributed by atoms with van der Waals surface area (Å²) in [4.78, 5) is 13.3. The van der Waals surface area contributed by atoms with Crippen molar-refractivity contribution in [2.45, 2.75) is 73.6 Å². The first kappa shape index (κ1) is 23.7. The molecular formula is C25H37N3O2. The van der Waals surface area contributed by atoms with Gasteiger partial charge in [-0.05, 0) is 62.3 Å². The molecule has 1 heterocycles. The van der Waals surface area contributed by atoms with Crippen molar-refractivity contribution in [1.29, 1.82) is 0 Å². The van der Waals surface area contributed by atoms with E-state index >= 15 is 0 Å². The van der Waals surface area contributed by atoms with Crippen molar-refractivity contribution in [3.05, 3.63) is 52.9 Å². The number of carbonyl (C=O) groups excluding carboxylic acids is 1. The molecule has 1 atom stereocenters. The Morgan fingerprint density at radius 2 is 1.97 bits per heavy atom. The van der Waals surface area contributed by atoms with Gasteiger partial charge in [-0.1, -0.05) is 53.2 Å². The smallest absolute Gasteiger partial charge is 0.275 e. The van der Waals surface area contributed by atoms with E-state index in [9.17, 15) is 4.79 Å². The Bertz CT molecular complexity index is 839. The number of rotatable bonds is 10. The van der Waals surface area contributed by atoms with Gasteiger partial charge in [0, 0.05) is 5.70 Å². The number of amides is 1. The Kier molecular flexibility index (Phi) is 8.70. The van der Waals surface area contributed by atoms with Crippen molar-refractivity contribution >= 4 is 11.7 Å². The van der Waals surface area contributed by atoms with Gasteiger partial charge < -0.3 is 10.1 Å². The zero-order valence-corrected chi connectivity index (χ0v) is 19.5. The average Bonchev–Trinajstić information content (AvgIpc) is 2.73. The van der Waals surface area contributed by atoms with E-state index in [1.54, 1.807) is 5.01 Å². The maximum atomic E-state index is 13.3. The topological polar surface area (TPSA) is 53.9 Å². The number of hydrazone groups is 1. The van der Waals surface area contributed by atoms with E-state index in [4.69, 9.17) is 9.84 Å². The van der Waals surface area contributed by atoms with E-state index < -0.39 is 0 Å². The van der Waals surface area contributed by atoms with Crippen molar-refractivity contribution < 1.29 is 9.53 Å². The molecule has 2 rings (SSSR count). The highest BCUT2D eigenvalue weighted by Gasteiger charge is 2.31. The molecule has 1 aromatic carbocycles. The molecule has 0 fully saturated rings. The number of amidine groups is 1. The molecule has 1 aromatic rings. The lowest BCUT2D eigenvalue weighted by molar-refractivity contribution is -0.118. The van der Waals surface area contributed by atoms with Gasteiger partial charge in [0.1, 0.15) is 11.4 Å². The van der Waals surface area contributed by atoms with Crippen LogP contribution in [0, 0.1) is 5.92 Å². The van der Waals surface area contributed by atoms with Crippen molar-refractivity contribution in [2.24, 2.45) is 11.0 Å². The second kappa shape index (κ2) is 11.0. The van der Waals surface area contributed by atoms with Gasteiger partial charge in [0.05, 0.1) is 12.2 Å². The molecule has 0 spiro atoms. The predicted octanol–water partition coefficient (Wildman–Crippen LogP) is 5.77. The number of nitrogens with zero attached hydrogens (tertiary/aromatic N) is 2. The van der Waals surface area contributed by atoms with Crippen molar-refractivity contribution in [3.8, 4) is 5.75 Å². The fraction of sp³-hybridized carbons (Fsp3) is 0.520. The first-order valence-corrected chi connectivity index (χ1v) is 11.2. The molecule has 0 aromatic heterocycles. The minimum Gasteiger partial charge on any atom is -0.493 e. The van der Waals surface area contributed by atoms with Crippen LogP contribution in [0.3, 0.4) is 0 Å². The quantitative estimate of drug-likeness (QED) is 0.498. The molecule has 1 aliphatic rings. The second-order valence-corrected chi connectivity index (χ2v) is 7.89. The van der Waals surface area contributed by atoms with E-state index in [-0.39, 0.29) is 11.8 Å². The summed E-state index contributed by atoms with van der Waals surface area (Å²) in [6, 6.07) is 6.12. The SMILES string of the molecule is C=C(CCC)N1N=C(c2cc(CCC)ccc2OCC)NC(=O)/C1=C(\C)C(C)CC. The average molecular weight is 412 g/mol. The third-order valence-electron chi connectivity index (χ3n) is 5.56. The third-order valence-corrected chi connectivity index (χ3v) is 5.56. The van der Waals surface area contributed by atoms with Gasteiger partial charge in [-0.25, -0.2) is 5.01 Å². The summed E-state index contributed by atoms with van der Waals surface area (Å²) >= 11 is 0. The van der Waals surface area contributed by atoms with Gasteiger partial charge in [-0.15, -0.1) is 5.10 Å². The largest absolute Gasteiger partial charge is 0.493 e. The summed E-state index contributed by atoms with van der Waals surface area (Å²) < 4.78 is 5.85. The summed E-state index contributed by atoms with van der Waals surface area (Å²) in [5, 5.41) is 9.64. The van der Waals surface area contributed by atoms with Gasteiger partial charge in [-0.3, -0.25) is 4.79 Å².